The largest absolute Gasteiger partial charge is 0.436 e. The summed E-state index contributed by atoms with van der Waals surface area (Å²) in [6, 6.07) is 1.95. The maximum Gasteiger partial charge on any atom is 0.436 e. The number of nitrogens with zero attached hydrogens (tertiary/aromatic N) is 1. The number of alkyl halides is 4. The lowest BCUT2D eigenvalue weighted by atomic mass is 10.3. The zero-order valence-electron chi connectivity index (χ0n) is 6.20. The topological polar surface area (TPSA) is 12.9 Å². The molecule has 0 spiro atoms. The maximum atomic E-state index is 12.6. The van der Waals surface area contributed by atoms with E-state index < -0.39 is 17.7 Å². The van der Waals surface area contributed by atoms with Gasteiger partial charge in [-0.3, -0.25) is 0 Å². The third-order valence-corrected chi connectivity index (χ3v) is 1.88. The molecule has 1 aromatic rings. The molecule has 1 rings (SSSR count). The molecule has 1 heterocycles. The fourth-order valence-electron chi connectivity index (χ4n) is 0.756. The van der Waals surface area contributed by atoms with E-state index in [0.717, 1.165) is 6.07 Å². The van der Waals surface area contributed by atoms with Crippen molar-refractivity contribution < 1.29 is 17.6 Å². The number of pyridine rings is 1. The molecular formula is C7H4BrF4N. The van der Waals surface area contributed by atoms with Crippen LogP contribution in [0.1, 0.15) is 11.4 Å². The molecule has 0 fully saturated rings. The van der Waals surface area contributed by atoms with Gasteiger partial charge in [0.05, 0.1) is 5.69 Å². The molecule has 6 heteroatoms. The minimum Gasteiger partial charge on any atom is -0.245 e. The van der Waals surface area contributed by atoms with Gasteiger partial charge < -0.3 is 0 Å². The maximum absolute atomic E-state index is 12.6. The normalized spacial score (nSPS) is 11.8. The molecule has 1 nitrogen and oxygen atoms in total. The predicted octanol–water partition coefficient (Wildman–Crippen LogP) is 3.13. The molecule has 0 N–H and O–H groups in total. The van der Waals surface area contributed by atoms with E-state index in [9.17, 15) is 17.6 Å². The van der Waals surface area contributed by atoms with Gasteiger partial charge in [-0.2, -0.15) is 13.2 Å². The van der Waals surface area contributed by atoms with Crippen LogP contribution in [-0.4, -0.2) is 4.98 Å². The fourth-order valence-corrected chi connectivity index (χ4v) is 1.07. The van der Waals surface area contributed by atoms with Crippen LogP contribution in [0.5, 0.6) is 0 Å². The van der Waals surface area contributed by atoms with Crippen LogP contribution in [0.15, 0.2) is 12.1 Å². The van der Waals surface area contributed by atoms with Crippen molar-refractivity contribution in [2.24, 2.45) is 0 Å². The predicted molar refractivity (Wildman–Crippen MR) is 41.8 cm³/mol. The standard InChI is InChI=1S/C7H4BrF4N/c8-3-4-1-2-5(9)6(13-4)7(10,11)12/h1-2H,3H2. The van der Waals surface area contributed by atoms with Crippen LogP contribution in [0.4, 0.5) is 17.6 Å². The van der Waals surface area contributed by atoms with Gasteiger partial charge in [-0.15, -0.1) is 0 Å². The molecule has 0 unspecified atom stereocenters. The molecule has 1 aromatic heterocycles. The molecule has 0 aliphatic carbocycles. The average Bonchev–Trinajstić information content (AvgIpc) is 2.03. The van der Waals surface area contributed by atoms with Gasteiger partial charge in [-0.1, -0.05) is 15.9 Å². The van der Waals surface area contributed by atoms with Crippen molar-refractivity contribution in [3.63, 3.8) is 0 Å². The van der Waals surface area contributed by atoms with Gasteiger partial charge in [0.25, 0.3) is 0 Å². The first-order valence-corrected chi connectivity index (χ1v) is 4.36. The van der Waals surface area contributed by atoms with E-state index in [0.29, 0.717) is 0 Å². The Labute approximate surface area is 79.9 Å². The van der Waals surface area contributed by atoms with Crippen LogP contribution in [0, 0.1) is 5.82 Å². The molecule has 0 aliphatic heterocycles. The van der Waals surface area contributed by atoms with Crippen LogP contribution in [0.3, 0.4) is 0 Å². The van der Waals surface area contributed by atoms with Gasteiger partial charge >= 0.3 is 6.18 Å². The molecule has 72 valence electrons. The van der Waals surface area contributed by atoms with Crippen molar-refractivity contribution >= 4 is 15.9 Å². The summed E-state index contributed by atoms with van der Waals surface area (Å²) >= 11 is 2.93. The van der Waals surface area contributed by atoms with Crippen molar-refractivity contribution in [1.29, 1.82) is 0 Å². The van der Waals surface area contributed by atoms with E-state index in [2.05, 4.69) is 20.9 Å². The quantitative estimate of drug-likeness (QED) is 0.557. The van der Waals surface area contributed by atoms with E-state index >= 15 is 0 Å². The summed E-state index contributed by atoms with van der Waals surface area (Å²) in [6.45, 7) is 0. The summed E-state index contributed by atoms with van der Waals surface area (Å²) in [4.78, 5) is 3.12. The summed E-state index contributed by atoms with van der Waals surface area (Å²) in [7, 11) is 0. The van der Waals surface area contributed by atoms with Crippen molar-refractivity contribution in [1.82, 2.24) is 4.98 Å². The fraction of sp³-hybridized carbons (Fsp3) is 0.286. The van der Waals surface area contributed by atoms with Crippen LogP contribution in [0.2, 0.25) is 0 Å². The van der Waals surface area contributed by atoms with Gasteiger partial charge in [0.2, 0.25) is 0 Å². The minimum atomic E-state index is -4.73. The third kappa shape index (κ3) is 2.40. The highest BCUT2D eigenvalue weighted by Gasteiger charge is 2.36. The monoisotopic (exact) mass is 257 g/mol. The molecule has 0 aromatic carbocycles. The first-order chi connectivity index (χ1) is 5.95. The van der Waals surface area contributed by atoms with Crippen LogP contribution < -0.4 is 0 Å². The van der Waals surface area contributed by atoms with Gasteiger partial charge in [-0.05, 0) is 12.1 Å². The average molecular weight is 258 g/mol. The van der Waals surface area contributed by atoms with E-state index in [-0.39, 0.29) is 11.0 Å². The highest BCUT2D eigenvalue weighted by atomic mass is 79.9. The second kappa shape index (κ2) is 3.61. The summed E-state index contributed by atoms with van der Waals surface area (Å²) < 4.78 is 48.7. The summed E-state index contributed by atoms with van der Waals surface area (Å²) in [5.74, 6) is -1.35. The first-order valence-electron chi connectivity index (χ1n) is 3.23. The number of rotatable bonds is 1. The summed E-state index contributed by atoms with van der Waals surface area (Å²) in [6.07, 6.45) is -4.73. The molecule has 0 radical (unpaired) electrons. The summed E-state index contributed by atoms with van der Waals surface area (Å²) in [5.41, 5.74) is -1.32. The van der Waals surface area contributed by atoms with Crippen molar-refractivity contribution in [2.45, 2.75) is 11.5 Å². The number of hydrogen-bond acceptors (Lipinski definition) is 1. The second-order valence-corrected chi connectivity index (χ2v) is 2.83. The number of aromatic nitrogens is 1. The number of halogens is 5. The molecule has 0 saturated heterocycles. The van der Waals surface area contributed by atoms with E-state index in [4.69, 9.17) is 0 Å². The SMILES string of the molecule is Fc1ccc(CBr)nc1C(F)(F)F. The Morgan fingerprint density at radius 2 is 1.92 bits per heavy atom. The van der Waals surface area contributed by atoms with Gasteiger partial charge in [-0.25, -0.2) is 9.37 Å². The zero-order valence-corrected chi connectivity index (χ0v) is 7.78. The first kappa shape index (κ1) is 10.4. The molecule has 13 heavy (non-hydrogen) atoms. The lowest BCUT2D eigenvalue weighted by Crippen LogP contribution is -2.12. The molecular weight excluding hydrogens is 254 g/mol. The highest BCUT2D eigenvalue weighted by Crippen LogP contribution is 2.29. The Bertz CT molecular complexity index is 310. The Kier molecular flexibility index (Phi) is 2.90. The highest BCUT2D eigenvalue weighted by molar-refractivity contribution is 9.08. The van der Waals surface area contributed by atoms with Gasteiger partial charge in [0.1, 0.15) is 0 Å². The van der Waals surface area contributed by atoms with Crippen LogP contribution >= 0.6 is 15.9 Å². The van der Waals surface area contributed by atoms with Crippen molar-refractivity contribution in [3.05, 3.63) is 29.3 Å². The minimum absolute atomic E-state index is 0.147. The molecule has 0 bridgehead atoms. The lowest BCUT2D eigenvalue weighted by molar-refractivity contribution is -0.143. The lowest BCUT2D eigenvalue weighted by Gasteiger charge is -2.07. The molecule has 0 amide bonds. The second-order valence-electron chi connectivity index (χ2n) is 2.26. The zero-order chi connectivity index (χ0) is 10.1. The Morgan fingerprint density at radius 1 is 1.31 bits per heavy atom. The Balaban J connectivity index is 3.19. The molecule has 0 aliphatic rings. The van der Waals surface area contributed by atoms with Crippen LogP contribution in [-0.2, 0) is 11.5 Å². The summed E-state index contributed by atoms with van der Waals surface area (Å²) in [5, 5.41) is 0.163. The van der Waals surface area contributed by atoms with Crippen LogP contribution in [0.25, 0.3) is 0 Å². The number of hydrogen-bond donors (Lipinski definition) is 0. The smallest absolute Gasteiger partial charge is 0.245 e. The van der Waals surface area contributed by atoms with E-state index in [1.165, 1.54) is 6.07 Å². The van der Waals surface area contributed by atoms with Crippen molar-refractivity contribution in [3.8, 4) is 0 Å². The van der Waals surface area contributed by atoms with E-state index in [1.54, 1.807) is 0 Å². The third-order valence-electron chi connectivity index (χ3n) is 1.31. The van der Waals surface area contributed by atoms with Gasteiger partial charge in [0.15, 0.2) is 11.5 Å². The Morgan fingerprint density at radius 3 is 2.38 bits per heavy atom. The Hall–Kier alpha value is -0.650. The van der Waals surface area contributed by atoms with Gasteiger partial charge in [0, 0.05) is 5.33 Å². The van der Waals surface area contributed by atoms with Crippen molar-refractivity contribution in [2.75, 3.05) is 0 Å². The molecule has 0 saturated carbocycles. The molecule has 0 atom stereocenters. The van der Waals surface area contributed by atoms with E-state index in [1.807, 2.05) is 0 Å².